The van der Waals surface area contributed by atoms with Crippen LogP contribution in [0.3, 0.4) is 0 Å². The van der Waals surface area contributed by atoms with Crippen molar-refractivity contribution in [2.45, 2.75) is 0 Å². The van der Waals surface area contributed by atoms with E-state index in [4.69, 9.17) is 16.7 Å². The van der Waals surface area contributed by atoms with Crippen molar-refractivity contribution in [2.75, 3.05) is 0 Å². The Morgan fingerprint density at radius 2 is 2.00 bits per heavy atom. The van der Waals surface area contributed by atoms with Crippen molar-refractivity contribution in [2.24, 2.45) is 0 Å². The van der Waals surface area contributed by atoms with Crippen LogP contribution in [-0.2, 0) is 0 Å². The Morgan fingerprint density at radius 1 is 1.20 bits per heavy atom. The third-order valence-corrected chi connectivity index (χ3v) is 2.28. The number of aromatic nitrogens is 1. The lowest BCUT2D eigenvalue weighted by Gasteiger charge is -2.03. The maximum Gasteiger partial charge on any atom is 0.133 e. The minimum Gasteiger partial charge on any atom is -0.506 e. The fourth-order valence-electron chi connectivity index (χ4n) is 1.24. The predicted octanol–water partition coefficient (Wildman–Crippen LogP) is 3.25. The van der Waals surface area contributed by atoms with Crippen molar-refractivity contribution in [3.05, 3.63) is 47.4 Å². The Labute approximate surface area is 91.0 Å². The molecular formula is C11H7ClFNO. The lowest BCUT2D eigenvalue weighted by atomic mass is 10.1. The largest absolute Gasteiger partial charge is 0.506 e. The van der Waals surface area contributed by atoms with Gasteiger partial charge in [-0.15, -0.1) is 0 Å². The van der Waals surface area contributed by atoms with Gasteiger partial charge in [0.1, 0.15) is 11.6 Å². The van der Waals surface area contributed by atoms with Gasteiger partial charge in [0.2, 0.25) is 0 Å². The molecule has 2 nitrogen and oxygen atoms in total. The second-order valence-electron chi connectivity index (χ2n) is 3.03. The molecule has 2 aromatic rings. The molecule has 2 rings (SSSR count). The van der Waals surface area contributed by atoms with Crippen LogP contribution in [0.4, 0.5) is 4.39 Å². The van der Waals surface area contributed by atoms with Crippen LogP contribution in [0.1, 0.15) is 0 Å². The molecule has 0 spiro atoms. The topological polar surface area (TPSA) is 33.1 Å². The van der Waals surface area contributed by atoms with Gasteiger partial charge in [0.25, 0.3) is 0 Å². The summed E-state index contributed by atoms with van der Waals surface area (Å²) < 4.78 is 13.0. The summed E-state index contributed by atoms with van der Waals surface area (Å²) in [5.74, 6) is -0.310. The van der Waals surface area contributed by atoms with E-state index in [1.54, 1.807) is 6.07 Å². The lowest BCUT2D eigenvalue weighted by Crippen LogP contribution is -1.85. The molecule has 0 bridgehead atoms. The number of nitrogens with zero attached hydrogens (tertiary/aromatic N) is 1. The van der Waals surface area contributed by atoms with Gasteiger partial charge in [-0.1, -0.05) is 11.6 Å². The number of rotatable bonds is 1. The summed E-state index contributed by atoms with van der Waals surface area (Å²) in [6.45, 7) is 0. The van der Waals surface area contributed by atoms with E-state index in [0.717, 1.165) is 0 Å². The highest BCUT2D eigenvalue weighted by atomic mass is 35.5. The molecule has 1 aromatic carbocycles. The molecule has 0 radical (unpaired) electrons. The molecule has 0 aliphatic carbocycles. The molecule has 76 valence electrons. The van der Waals surface area contributed by atoms with Crippen LogP contribution in [0.25, 0.3) is 11.3 Å². The summed E-state index contributed by atoms with van der Waals surface area (Å²) >= 11 is 5.90. The van der Waals surface area contributed by atoms with Gasteiger partial charge in [0, 0.05) is 5.56 Å². The number of benzene rings is 1. The molecule has 15 heavy (non-hydrogen) atoms. The number of hydrogen-bond donors (Lipinski definition) is 1. The van der Waals surface area contributed by atoms with E-state index < -0.39 is 0 Å². The van der Waals surface area contributed by atoms with E-state index in [1.165, 1.54) is 30.5 Å². The zero-order chi connectivity index (χ0) is 10.8. The van der Waals surface area contributed by atoms with Gasteiger partial charge in [0.15, 0.2) is 0 Å². The second-order valence-corrected chi connectivity index (χ2v) is 3.43. The first-order chi connectivity index (χ1) is 7.16. The van der Waals surface area contributed by atoms with Gasteiger partial charge in [-0.05, 0) is 30.3 Å². The van der Waals surface area contributed by atoms with E-state index in [9.17, 15) is 4.39 Å². The molecule has 1 heterocycles. The van der Waals surface area contributed by atoms with Crippen molar-refractivity contribution in [1.29, 1.82) is 0 Å². The van der Waals surface area contributed by atoms with Gasteiger partial charge < -0.3 is 5.11 Å². The van der Waals surface area contributed by atoms with Crippen LogP contribution in [0.5, 0.6) is 5.75 Å². The minimum absolute atomic E-state index is 0.0614. The smallest absolute Gasteiger partial charge is 0.133 e. The molecule has 4 heteroatoms. The first-order valence-electron chi connectivity index (χ1n) is 4.27. The van der Waals surface area contributed by atoms with Crippen molar-refractivity contribution in [3.63, 3.8) is 0 Å². The monoisotopic (exact) mass is 223 g/mol. The Kier molecular flexibility index (Phi) is 2.56. The maximum absolute atomic E-state index is 13.0. The number of hydrogen-bond acceptors (Lipinski definition) is 2. The molecule has 0 saturated carbocycles. The quantitative estimate of drug-likeness (QED) is 0.805. The van der Waals surface area contributed by atoms with Gasteiger partial charge in [-0.2, -0.15) is 0 Å². The first-order valence-corrected chi connectivity index (χ1v) is 4.65. The summed E-state index contributed by atoms with van der Waals surface area (Å²) in [5, 5.41) is 9.48. The Balaban J connectivity index is 2.53. The van der Waals surface area contributed by atoms with Crippen LogP contribution < -0.4 is 0 Å². The summed E-state index contributed by atoms with van der Waals surface area (Å²) in [6.07, 6.45) is 1.29. The molecular weight excluding hydrogens is 217 g/mol. The Morgan fingerprint density at radius 3 is 2.67 bits per heavy atom. The molecule has 0 amide bonds. The number of halogens is 2. The molecule has 0 aliphatic rings. The highest BCUT2D eigenvalue weighted by Gasteiger charge is 2.06. The highest BCUT2D eigenvalue weighted by Crippen LogP contribution is 2.27. The first kappa shape index (κ1) is 9.93. The molecule has 0 fully saturated rings. The average molecular weight is 224 g/mol. The Hall–Kier alpha value is -1.61. The maximum atomic E-state index is 13.0. The van der Waals surface area contributed by atoms with Crippen LogP contribution in [0, 0.1) is 5.82 Å². The van der Waals surface area contributed by atoms with Crippen molar-refractivity contribution >= 4 is 11.6 Å². The Bertz CT molecular complexity index is 484. The van der Waals surface area contributed by atoms with E-state index in [-0.39, 0.29) is 11.6 Å². The van der Waals surface area contributed by atoms with E-state index in [1.807, 2.05) is 0 Å². The van der Waals surface area contributed by atoms with Gasteiger partial charge >= 0.3 is 0 Å². The normalized spacial score (nSPS) is 10.3. The third-order valence-electron chi connectivity index (χ3n) is 1.95. The zero-order valence-electron chi connectivity index (χ0n) is 7.61. The summed E-state index contributed by atoms with van der Waals surface area (Å²) in [7, 11) is 0. The summed E-state index contributed by atoms with van der Waals surface area (Å²) in [5.41, 5.74) is 1.04. The summed E-state index contributed by atoms with van der Waals surface area (Å²) in [6, 6.07) is 7.12. The van der Waals surface area contributed by atoms with E-state index in [0.29, 0.717) is 16.3 Å². The lowest BCUT2D eigenvalue weighted by molar-refractivity contribution is 0.473. The van der Waals surface area contributed by atoms with Gasteiger partial charge in [-0.3, -0.25) is 4.98 Å². The third kappa shape index (κ3) is 2.07. The molecule has 0 unspecified atom stereocenters. The SMILES string of the molecule is Oc1ccc(-c2cc(F)ccc2Cl)nc1. The van der Waals surface area contributed by atoms with Crippen molar-refractivity contribution in [3.8, 4) is 17.0 Å². The van der Waals surface area contributed by atoms with Crippen LogP contribution >= 0.6 is 11.6 Å². The van der Waals surface area contributed by atoms with E-state index in [2.05, 4.69) is 4.98 Å². The molecule has 1 aromatic heterocycles. The van der Waals surface area contributed by atoms with Crippen LogP contribution in [0.2, 0.25) is 5.02 Å². The van der Waals surface area contributed by atoms with Crippen LogP contribution in [0.15, 0.2) is 36.5 Å². The van der Waals surface area contributed by atoms with Crippen LogP contribution in [-0.4, -0.2) is 10.1 Å². The molecule has 1 N–H and O–H groups in total. The zero-order valence-corrected chi connectivity index (χ0v) is 8.37. The molecule has 0 aliphatic heterocycles. The van der Waals surface area contributed by atoms with E-state index >= 15 is 0 Å². The number of pyridine rings is 1. The fourth-order valence-corrected chi connectivity index (χ4v) is 1.45. The molecule has 0 saturated heterocycles. The summed E-state index contributed by atoms with van der Waals surface area (Å²) in [4.78, 5) is 3.95. The standard InChI is InChI=1S/C11H7ClFNO/c12-10-3-1-7(13)5-9(10)11-4-2-8(15)6-14-11/h1-6,15H. The minimum atomic E-state index is -0.371. The average Bonchev–Trinajstić information content (AvgIpc) is 2.23. The second kappa shape index (κ2) is 3.87. The predicted molar refractivity (Wildman–Crippen MR) is 56.3 cm³/mol. The number of aromatic hydroxyl groups is 1. The fraction of sp³-hybridized carbons (Fsp3) is 0. The van der Waals surface area contributed by atoms with Gasteiger partial charge in [-0.25, -0.2) is 4.39 Å². The van der Waals surface area contributed by atoms with Gasteiger partial charge in [0.05, 0.1) is 16.9 Å². The van der Waals surface area contributed by atoms with Crippen molar-refractivity contribution in [1.82, 2.24) is 4.98 Å². The van der Waals surface area contributed by atoms with Crippen molar-refractivity contribution < 1.29 is 9.50 Å². The molecule has 0 atom stereocenters. The highest BCUT2D eigenvalue weighted by molar-refractivity contribution is 6.33.